The summed E-state index contributed by atoms with van der Waals surface area (Å²) in [6.45, 7) is 2.91. The van der Waals surface area contributed by atoms with E-state index >= 15 is 0 Å². The van der Waals surface area contributed by atoms with Crippen LogP contribution in [0.15, 0.2) is 51.5 Å². The van der Waals surface area contributed by atoms with E-state index in [0.717, 1.165) is 21.3 Å². The summed E-state index contributed by atoms with van der Waals surface area (Å²) in [4.78, 5) is 4.40. The molecule has 94 valence electrons. The van der Waals surface area contributed by atoms with E-state index < -0.39 is 0 Å². The zero-order chi connectivity index (χ0) is 13.0. The van der Waals surface area contributed by atoms with Gasteiger partial charge in [0.1, 0.15) is 4.60 Å². The van der Waals surface area contributed by atoms with Gasteiger partial charge in [0.05, 0.1) is 5.69 Å². The Kier molecular flexibility index (Phi) is 4.92. The normalized spacial score (nSPS) is 12.4. The predicted octanol–water partition coefficient (Wildman–Crippen LogP) is 4.46. The van der Waals surface area contributed by atoms with Gasteiger partial charge in [0.2, 0.25) is 0 Å². The molecule has 18 heavy (non-hydrogen) atoms. The molecule has 1 atom stereocenters. The highest BCUT2D eigenvalue weighted by molar-refractivity contribution is 9.10. The van der Waals surface area contributed by atoms with Crippen LogP contribution >= 0.6 is 31.9 Å². The molecule has 4 heteroatoms. The van der Waals surface area contributed by atoms with Gasteiger partial charge in [-0.25, -0.2) is 4.98 Å². The van der Waals surface area contributed by atoms with Crippen molar-refractivity contribution in [3.63, 3.8) is 0 Å². The third-order valence-corrected chi connectivity index (χ3v) is 3.70. The summed E-state index contributed by atoms with van der Waals surface area (Å²) in [5.74, 6) is 0. The van der Waals surface area contributed by atoms with Crippen LogP contribution in [0.2, 0.25) is 0 Å². The molecule has 0 aliphatic carbocycles. The first-order valence-corrected chi connectivity index (χ1v) is 7.34. The molecule has 1 N–H and O–H groups in total. The van der Waals surface area contributed by atoms with Gasteiger partial charge in [-0.3, -0.25) is 0 Å². The maximum atomic E-state index is 4.40. The Morgan fingerprint density at radius 2 is 1.83 bits per heavy atom. The summed E-state index contributed by atoms with van der Waals surface area (Å²) >= 11 is 6.82. The van der Waals surface area contributed by atoms with Crippen molar-refractivity contribution >= 4 is 31.9 Å². The van der Waals surface area contributed by atoms with Crippen molar-refractivity contribution in [2.24, 2.45) is 0 Å². The van der Waals surface area contributed by atoms with Crippen LogP contribution in [0.4, 0.5) is 0 Å². The van der Waals surface area contributed by atoms with Gasteiger partial charge >= 0.3 is 0 Å². The first-order valence-electron chi connectivity index (χ1n) is 5.75. The minimum Gasteiger partial charge on any atom is -0.305 e. The number of pyridine rings is 1. The molecular weight excluding hydrogens is 356 g/mol. The van der Waals surface area contributed by atoms with E-state index in [-0.39, 0.29) is 0 Å². The van der Waals surface area contributed by atoms with Crippen LogP contribution in [0.25, 0.3) is 0 Å². The molecule has 0 spiro atoms. The lowest BCUT2D eigenvalue weighted by Gasteiger charge is -2.14. The van der Waals surface area contributed by atoms with Gasteiger partial charge in [0.25, 0.3) is 0 Å². The van der Waals surface area contributed by atoms with Crippen LogP contribution in [0, 0.1) is 0 Å². The lowest BCUT2D eigenvalue weighted by Crippen LogP contribution is -2.18. The molecule has 2 aromatic rings. The van der Waals surface area contributed by atoms with Crippen LogP contribution in [0.1, 0.15) is 24.2 Å². The largest absolute Gasteiger partial charge is 0.305 e. The Balaban J connectivity index is 1.96. The summed E-state index contributed by atoms with van der Waals surface area (Å²) in [6.07, 6.45) is 0. The number of rotatable bonds is 4. The second kappa shape index (κ2) is 6.45. The van der Waals surface area contributed by atoms with Crippen LogP contribution in [-0.2, 0) is 6.54 Å². The standard InChI is InChI=1S/C14H14Br2N2/c1-10(11-5-7-12(15)8-6-11)17-9-13-3-2-4-14(16)18-13/h2-8,10,17H,9H2,1H3/t10-/m0/s1. The third kappa shape index (κ3) is 3.90. The van der Waals surface area contributed by atoms with Crippen molar-refractivity contribution in [1.82, 2.24) is 10.3 Å². The van der Waals surface area contributed by atoms with E-state index in [0.29, 0.717) is 6.04 Å². The molecule has 0 amide bonds. The van der Waals surface area contributed by atoms with Gasteiger partial charge in [-0.05, 0) is 52.7 Å². The van der Waals surface area contributed by atoms with E-state index in [1.165, 1.54) is 5.56 Å². The van der Waals surface area contributed by atoms with E-state index in [4.69, 9.17) is 0 Å². The second-order valence-corrected chi connectivity index (χ2v) is 5.83. The lowest BCUT2D eigenvalue weighted by molar-refractivity contribution is 0.567. The van der Waals surface area contributed by atoms with Crippen LogP contribution in [0.5, 0.6) is 0 Å². The number of aromatic nitrogens is 1. The monoisotopic (exact) mass is 368 g/mol. The Morgan fingerprint density at radius 1 is 1.11 bits per heavy atom. The van der Waals surface area contributed by atoms with Gasteiger partial charge in [-0.1, -0.05) is 34.1 Å². The Morgan fingerprint density at radius 3 is 2.50 bits per heavy atom. The highest BCUT2D eigenvalue weighted by atomic mass is 79.9. The van der Waals surface area contributed by atoms with Gasteiger partial charge in [0.15, 0.2) is 0 Å². The zero-order valence-electron chi connectivity index (χ0n) is 10.0. The quantitative estimate of drug-likeness (QED) is 0.805. The van der Waals surface area contributed by atoms with Gasteiger partial charge in [0, 0.05) is 17.1 Å². The van der Waals surface area contributed by atoms with Gasteiger partial charge in [-0.15, -0.1) is 0 Å². The Labute approximate surface area is 124 Å². The topological polar surface area (TPSA) is 24.9 Å². The molecule has 0 fully saturated rings. The fraction of sp³-hybridized carbons (Fsp3) is 0.214. The fourth-order valence-corrected chi connectivity index (χ4v) is 2.32. The molecule has 0 radical (unpaired) electrons. The molecule has 0 aliphatic rings. The molecule has 2 nitrogen and oxygen atoms in total. The lowest BCUT2D eigenvalue weighted by atomic mass is 10.1. The SMILES string of the molecule is C[C@H](NCc1cccc(Br)n1)c1ccc(Br)cc1. The molecule has 0 bridgehead atoms. The summed E-state index contributed by atoms with van der Waals surface area (Å²) in [6, 6.07) is 14.6. The number of hydrogen-bond acceptors (Lipinski definition) is 2. The van der Waals surface area contributed by atoms with Crippen LogP contribution < -0.4 is 5.32 Å². The highest BCUT2D eigenvalue weighted by Crippen LogP contribution is 2.17. The molecule has 0 aliphatic heterocycles. The van der Waals surface area contributed by atoms with Crippen LogP contribution in [-0.4, -0.2) is 4.98 Å². The first-order chi connectivity index (χ1) is 8.65. The summed E-state index contributed by atoms with van der Waals surface area (Å²) in [5, 5.41) is 3.46. The van der Waals surface area contributed by atoms with Crippen molar-refractivity contribution in [2.75, 3.05) is 0 Å². The number of nitrogens with one attached hydrogen (secondary N) is 1. The highest BCUT2D eigenvalue weighted by Gasteiger charge is 2.05. The molecule has 1 heterocycles. The number of nitrogens with zero attached hydrogens (tertiary/aromatic N) is 1. The fourth-order valence-electron chi connectivity index (χ4n) is 1.68. The summed E-state index contributed by atoms with van der Waals surface area (Å²) < 4.78 is 1.98. The van der Waals surface area contributed by atoms with Crippen molar-refractivity contribution in [1.29, 1.82) is 0 Å². The van der Waals surface area contributed by atoms with Crippen LogP contribution in [0.3, 0.4) is 0 Å². The van der Waals surface area contributed by atoms with Gasteiger partial charge in [-0.2, -0.15) is 0 Å². The van der Waals surface area contributed by atoms with Crippen molar-refractivity contribution in [2.45, 2.75) is 19.5 Å². The average molecular weight is 370 g/mol. The second-order valence-electron chi connectivity index (χ2n) is 4.11. The van der Waals surface area contributed by atoms with Crippen molar-refractivity contribution < 1.29 is 0 Å². The van der Waals surface area contributed by atoms with E-state index in [2.05, 4.69) is 73.3 Å². The zero-order valence-corrected chi connectivity index (χ0v) is 13.2. The number of hydrogen-bond donors (Lipinski definition) is 1. The number of halogens is 2. The maximum absolute atomic E-state index is 4.40. The van der Waals surface area contributed by atoms with E-state index in [9.17, 15) is 0 Å². The maximum Gasteiger partial charge on any atom is 0.106 e. The van der Waals surface area contributed by atoms with Crippen molar-refractivity contribution in [3.05, 3.63) is 62.8 Å². The molecule has 0 saturated heterocycles. The average Bonchev–Trinajstić information content (AvgIpc) is 2.37. The minimum atomic E-state index is 0.305. The Hall–Kier alpha value is -0.710. The first kappa shape index (κ1) is 13.7. The molecule has 0 saturated carbocycles. The summed E-state index contributed by atoms with van der Waals surface area (Å²) in [5.41, 5.74) is 2.31. The predicted molar refractivity (Wildman–Crippen MR) is 81.3 cm³/mol. The van der Waals surface area contributed by atoms with E-state index in [1.807, 2.05) is 18.2 Å². The molecule has 0 unspecified atom stereocenters. The molecular formula is C14H14Br2N2. The van der Waals surface area contributed by atoms with Gasteiger partial charge < -0.3 is 5.32 Å². The Bertz CT molecular complexity index is 511. The minimum absolute atomic E-state index is 0.305. The third-order valence-electron chi connectivity index (χ3n) is 2.73. The number of benzene rings is 1. The van der Waals surface area contributed by atoms with Crippen molar-refractivity contribution in [3.8, 4) is 0 Å². The van der Waals surface area contributed by atoms with E-state index in [1.54, 1.807) is 0 Å². The molecule has 1 aromatic carbocycles. The summed E-state index contributed by atoms with van der Waals surface area (Å²) in [7, 11) is 0. The molecule has 2 rings (SSSR count). The molecule has 1 aromatic heterocycles. The smallest absolute Gasteiger partial charge is 0.106 e.